The number of amides is 1. The lowest BCUT2D eigenvalue weighted by Gasteiger charge is -2.35. The van der Waals surface area contributed by atoms with Gasteiger partial charge in [0.05, 0.1) is 25.0 Å². The highest BCUT2D eigenvalue weighted by molar-refractivity contribution is 5.92. The van der Waals surface area contributed by atoms with Crippen LogP contribution in [0.15, 0.2) is 42.7 Å². The maximum Gasteiger partial charge on any atom is 0.414 e. The van der Waals surface area contributed by atoms with Gasteiger partial charge in [-0.15, -0.1) is 0 Å². The van der Waals surface area contributed by atoms with E-state index in [4.69, 9.17) is 9.47 Å². The summed E-state index contributed by atoms with van der Waals surface area (Å²) < 4.78 is 41.3. The molecule has 7 nitrogen and oxygen atoms in total. The Kier molecular flexibility index (Phi) is 5.49. The number of benzene rings is 2. The molecule has 1 fully saturated rings. The Morgan fingerprint density at radius 2 is 2.03 bits per heavy atom. The fourth-order valence-corrected chi connectivity index (χ4v) is 4.33. The van der Waals surface area contributed by atoms with Gasteiger partial charge >= 0.3 is 6.09 Å². The average molecular weight is 454 g/mol. The van der Waals surface area contributed by atoms with E-state index in [0.717, 1.165) is 42.4 Å². The number of rotatable bonds is 4. The molecule has 0 bridgehead atoms. The van der Waals surface area contributed by atoms with Crippen molar-refractivity contribution < 1.29 is 23.0 Å². The molecule has 0 saturated carbocycles. The minimum absolute atomic E-state index is 0.0802. The topological polar surface area (TPSA) is 68.6 Å². The summed E-state index contributed by atoms with van der Waals surface area (Å²) in [5.74, 6) is -1.12. The van der Waals surface area contributed by atoms with Crippen molar-refractivity contribution in [2.24, 2.45) is 0 Å². The van der Waals surface area contributed by atoms with Gasteiger partial charge in [-0.1, -0.05) is 0 Å². The van der Waals surface area contributed by atoms with Crippen LogP contribution >= 0.6 is 0 Å². The fraction of sp³-hybridized carbons (Fsp3) is 0.333. The second-order valence-electron chi connectivity index (χ2n) is 8.37. The Labute approximate surface area is 189 Å². The third kappa shape index (κ3) is 3.82. The van der Waals surface area contributed by atoms with Crippen LogP contribution in [0.2, 0.25) is 0 Å². The zero-order chi connectivity index (χ0) is 23.1. The van der Waals surface area contributed by atoms with Crippen LogP contribution in [0, 0.1) is 11.6 Å². The molecule has 1 atom stereocenters. The number of hydrogen-bond donors (Lipinski definition) is 1. The molecule has 2 aliphatic heterocycles. The summed E-state index contributed by atoms with van der Waals surface area (Å²) >= 11 is 0. The number of ether oxygens (including phenoxy) is 2. The molecule has 172 valence electrons. The molecule has 1 aromatic heterocycles. The zero-order valence-electron chi connectivity index (χ0n) is 18.3. The maximum absolute atomic E-state index is 14.5. The number of halogens is 2. The predicted molar refractivity (Wildman–Crippen MR) is 119 cm³/mol. The zero-order valence-corrected chi connectivity index (χ0v) is 18.3. The molecule has 5 rings (SSSR count). The van der Waals surface area contributed by atoms with Gasteiger partial charge in [-0.3, -0.25) is 9.58 Å². The smallest absolute Gasteiger partial charge is 0.414 e. The Balaban J connectivity index is 1.65. The number of carbonyl (C=O) groups is 1. The summed E-state index contributed by atoms with van der Waals surface area (Å²) in [6, 6.07) is 6.95. The SMILES string of the molecule is COC(=O)N1c2ccc(-c3cnn(C4CNC4)c3)c(Oc3cc(F)ccc3F)c2CC[C@@H]1C. The van der Waals surface area contributed by atoms with Gasteiger partial charge in [0.15, 0.2) is 11.6 Å². The third-order valence-electron chi connectivity index (χ3n) is 6.27. The average Bonchev–Trinajstić information content (AvgIpc) is 3.23. The quantitative estimate of drug-likeness (QED) is 0.621. The molecular weight excluding hydrogens is 430 g/mol. The van der Waals surface area contributed by atoms with E-state index in [2.05, 4.69) is 10.4 Å². The number of anilines is 1. The molecule has 0 unspecified atom stereocenters. The van der Waals surface area contributed by atoms with E-state index < -0.39 is 17.7 Å². The number of methoxy groups -OCH3 is 1. The second-order valence-corrected chi connectivity index (χ2v) is 8.37. The lowest BCUT2D eigenvalue weighted by atomic mass is 9.92. The normalized spacial score (nSPS) is 17.9. The van der Waals surface area contributed by atoms with Gasteiger partial charge < -0.3 is 14.8 Å². The molecule has 3 heterocycles. The van der Waals surface area contributed by atoms with Crippen LogP contribution in [0.25, 0.3) is 11.1 Å². The summed E-state index contributed by atoms with van der Waals surface area (Å²) in [6.45, 7) is 3.63. The largest absolute Gasteiger partial charge is 0.453 e. The molecule has 1 saturated heterocycles. The monoisotopic (exact) mass is 454 g/mol. The minimum Gasteiger partial charge on any atom is -0.453 e. The molecule has 0 radical (unpaired) electrons. The number of aromatic nitrogens is 2. The molecule has 1 N–H and O–H groups in total. The van der Waals surface area contributed by atoms with Crippen LogP contribution in [0.5, 0.6) is 11.5 Å². The van der Waals surface area contributed by atoms with Crippen LogP contribution in [-0.2, 0) is 11.2 Å². The predicted octanol–water partition coefficient (Wildman–Crippen LogP) is 4.67. The van der Waals surface area contributed by atoms with E-state index in [9.17, 15) is 13.6 Å². The fourth-order valence-electron chi connectivity index (χ4n) is 4.33. The van der Waals surface area contributed by atoms with Crippen molar-refractivity contribution in [3.05, 3.63) is 59.9 Å². The lowest BCUT2D eigenvalue weighted by Crippen LogP contribution is -2.43. The van der Waals surface area contributed by atoms with E-state index in [0.29, 0.717) is 29.8 Å². The lowest BCUT2D eigenvalue weighted by molar-refractivity contribution is 0.175. The molecule has 2 aromatic carbocycles. The maximum atomic E-state index is 14.5. The Hall–Kier alpha value is -3.46. The van der Waals surface area contributed by atoms with E-state index in [1.165, 1.54) is 7.11 Å². The van der Waals surface area contributed by atoms with E-state index in [1.54, 1.807) is 11.1 Å². The molecule has 33 heavy (non-hydrogen) atoms. The third-order valence-corrected chi connectivity index (χ3v) is 6.27. The minimum atomic E-state index is -0.676. The van der Waals surface area contributed by atoms with Crippen molar-refractivity contribution in [1.82, 2.24) is 15.1 Å². The summed E-state index contributed by atoms with van der Waals surface area (Å²) in [7, 11) is 1.33. The van der Waals surface area contributed by atoms with E-state index >= 15 is 0 Å². The van der Waals surface area contributed by atoms with E-state index in [-0.39, 0.29) is 17.8 Å². The van der Waals surface area contributed by atoms with Gasteiger partial charge in [0.25, 0.3) is 0 Å². The van der Waals surface area contributed by atoms with Gasteiger partial charge in [-0.25, -0.2) is 13.6 Å². The van der Waals surface area contributed by atoms with Gasteiger partial charge in [0.2, 0.25) is 0 Å². The first-order chi connectivity index (χ1) is 16.0. The molecule has 9 heteroatoms. The number of nitrogens with zero attached hydrogens (tertiary/aromatic N) is 3. The van der Waals surface area contributed by atoms with Gasteiger partial charge in [-0.05, 0) is 44.0 Å². The number of hydrogen-bond acceptors (Lipinski definition) is 5. The Morgan fingerprint density at radius 3 is 2.76 bits per heavy atom. The first-order valence-corrected chi connectivity index (χ1v) is 10.9. The molecule has 3 aromatic rings. The standard InChI is InChI=1S/C24H24F2N4O3/c1-14-3-5-19-21(30(14)24(31)32-2)8-6-18(15-10-28-29(13-15)17-11-27-12-17)23(19)33-22-9-16(25)4-7-20(22)26/h4,6-10,13-14,17,27H,3,5,11-12H2,1-2H3/t14-/m0/s1. The van der Waals surface area contributed by atoms with Crippen molar-refractivity contribution in [2.45, 2.75) is 31.8 Å². The van der Waals surface area contributed by atoms with Crippen molar-refractivity contribution in [3.8, 4) is 22.6 Å². The first-order valence-electron chi connectivity index (χ1n) is 10.9. The number of carbonyl (C=O) groups excluding carboxylic acids is 1. The van der Waals surface area contributed by atoms with Gasteiger partial charge in [0.1, 0.15) is 11.6 Å². The van der Waals surface area contributed by atoms with Crippen molar-refractivity contribution in [1.29, 1.82) is 0 Å². The summed E-state index contributed by atoms with van der Waals surface area (Å²) in [4.78, 5) is 14.1. The second kappa shape index (κ2) is 8.47. The number of fused-ring (bicyclic) bond motifs is 1. The first kappa shape index (κ1) is 21.4. The molecule has 2 aliphatic rings. The highest BCUT2D eigenvalue weighted by Crippen LogP contribution is 2.45. The Morgan fingerprint density at radius 1 is 1.21 bits per heavy atom. The van der Waals surface area contributed by atoms with Crippen LogP contribution in [0.4, 0.5) is 19.3 Å². The Bertz CT molecular complexity index is 1210. The molecule has 0 spiro atoms. The highest BCUT2D eigenvalue weighted by Gasteiger charge is 2.33. The summed E-state index contributed by atoms with van der Waals surface area (Å²) in [5, 5.41) is 7.70. The summed E-state index contributed by atoms with van der Waals surface area (Å²) in [6.07, 6.45) is 4.44. The van der Waals surface area contributed by atoms with Crippen molar-refractivity contribution in [2.75, 3.05) is 25.1 Å². The van der Waals surface area contributed by atoms with Crippen LogP contribution in [0.1, 0.15) is 24.9 Å². The van der Waals surface area contributed by atoms with Crippen LogP contribution in [0.3, 0.4) is 0 Å². The number of nitrogens with one attached hydrogen (secondary N) is 1. The molecular formula is C24H24F2N4O3. The van der Waals surface area contributed by atoms with Crippen LogP contribution < -0.4 is 15.0 Å². The molecule has 0 aliphatic carbocycles. The van der Waals surface area contributed by atoms with E-state index in [1.807, 2.05) is 29.9 Å². The summed E-state index contributed by atoms with van der Waals surface area (Å²) in [5.41, 5.74) is 2.85. The van der Waals surface area contributed by atoms with Crippen molar-refractivity contribution in [3.63, 3.8) is 0 Å². The van der Waals surface area contributed by atoms with Gasteiger partial charge in [0, 0.05) is 48.1 Å². The van der Waals surface area contributed by atoms with Gasteiger partial charge in [-0.2, -0.15) is 5.10 Å². The highest BCUT2D eigenvalue weighted by atomic mass is 19.1. The molecule has 1 amide bonds. The van der Waals surface area contributed by atoms with Crippen LogP contribution in [-0.4, -0.2) is 42.1 Å². The van der Waals surface area contributed by atoms with Crippen molar-refractivity contribution >= 4 is 11.8 Å².